The fourth-order valence-corrected chi connectivity index (χ4v) is 1.11. The van der Waals surface area contributed by atoms with E-state index in [1.807, 2.05) is 0 Å². The minimum absolute atomic E-state index is 0.572. The molecule has 9 heteroatoms. The molecular weight excluding hydrogens is 264 g/mol. The molecule has 9 nitrogen and oxygen atoms in total. The number of hydrogen-bond acceptors (Lipinski definition) is 7. The minimum atomic E-state index is -2.88. The maximum atomic E-state index is 11.2. The highest BCUT2D eigenvalue weighted by Gasteiger charge is 2.41. The molecule has 0 aromatic heterocycles. The van der Waals surface area contributed by atoms with Gasteiger partial charge in [-0.1, -0.05) is 0 Å². The predicted molar refractivity (Wildman–Crippen MR) is 55.9 cm³/mol. The molecular formula is C10H12O9. The summed E-state index contributed by atoms with van der Waals surface area (Å²) in [6.07, 6.45) is -3.15. The number of aliphatic hydroxyl groups is 1. The Labute approximate surface area is 106 Å². The number of carbonyl (C=O) groups is 5. The second kappa shape index (κ2) is 6.59. The van der Waals surface area contributed by atoms with Crippen LogP contribution in [-0.2, 0) is 28.7 Å². The van der Waals surface area contributed by atoms with Crippen molar-refractivity contribution in [3.05, 3.63) is 0 Å². The molecule has 0 heterocycles. The van der Waals surface area contributed by atoms with Crippen LogP contribution in [0.1, 0.15) is 26.2 Å². The topological polar surface area (TPSA) is 155 Å². The highest BCUT2D eigenvalue weighted by atomic mass is 16.6. The summed E-state index contributed by atoms with van der Waals surface area (Å²) in [7, 11) is 0. The molecule has 0 aromatic carbocycles. The van der Waals surface area contributed by atoms with Gasteiger partial charge in [-0.2, -0.15) is 0 Å². The lowest BCUT2D eigenvalue weighted by Crippen LogP contribution is -2.43. The zero-order valence-corrected chi connectivity index (χ0v) is 9.91. The fraction of sp³-hybridized carbons (Fsp3) is 0.500. The molecule has 0 aliphatic heterocycles. The molecule has 1 unspecified atom stereocenters. The number of carboxylic acids is 2. The van der Waals surface area contributed by atoms with Crippen LogP contribution in [-0.4, -0.2) is 50.6 Å². The average Bonchev–Trinajstić information content (AvgIpc) is 2.12. The van der Waals surface area contributed by atoms with Gasteiger partial charge in [-0.25, -0.2) is 4.79 Å². The van der Waals surface area contributed by atoms with Crippen LogP contribution in [0.2, 0.25) is 0 Å². The van der Waals surface area contributed by atoms with Gasteiger partial charge in [-0.05, 0) is 6.92 Å². The molecule has 0 spiro atoms. The Morgan fingerprint density at radius 1 is 1.00 bits per heavy atom. The summed E-state index contributed by atoms with van der Waals surface area (Å²) in [6.45, 7) is 1.07. The maximum absolute atomic E-state index is 11.2. The van der Waals surface area contributed by atoms with E-state index in [4.69, 9.17) is 10.2 Å². The zero-order valence-electron chi connectivity index (χ0n) is 9.91. The molecule has 0 aliphatic carbocycles. The SMILES string of the molecule is CC(=O)CC(=O)OC(=O)CC(O)(CC(=O)O)C(=O)O. The Balaban J connectivity index is 4.65. The van der Waals surface area contributed by atoms with Crippen molar-refractivity contribution < 1.29 is 44.0 Å². The van der Waals surface area contributed by atoms with Gasteiger partial charge in [0.1, 0.15) is 12.2 Å². The van der Waals surface area contributed by atoms with Crippen LogP contribution < -0.4 is 0 Å². The van der Waals surface area contributed by atoms with Gasteiger partial charge in [0.15, 0.2) is 5.60 Å². The lowest BCUT2D eigenvalue weighted by molar-refractivity contribution is -0.174. The third kappa shape index (κ3) is 6.27. The summed E-state index contributed by atoms with van der Waals surface area (Å²) < 4.78 is 4.07. The number of carbonyl (C=O) groups excluding carboxylic acids is 3. The van der Waals surface area contributed by atoms with Crippen LogP contribution in [0.4, 0.5) is 0 Å². The van der Waals surface area contributed by atoms with E-state index in [1.165, 1.54) is 0 Å². The van der Waals surface area contributed by atoms with Crippen LogP contribution in [0.3, 0.4) is 0 Å². The first-order valence-corrected chi connectivity index (χ1v) is 4.97. The fourth-order valence-electron chi connectivity index (χ4n) is 1.11. The number of hydrogen-bond donors (Lipinski definition) is 3. The van der Waals surface area contributed by atoms with E-state index in [0.717, 1.165) is 6.92 Å². The van der Waals surface area contributed by atoms with Crippen molar-refractivity contribution >= 4 is 29.7 Å². The Bertz CT molecular complexity index is 425. The molecule has 0 aromatic rings. The second-order valence-corrected chi connectivity index (χ2v) is 3.81. The maximum Gasteiger partial charge on any atom is 0.336 e. The smallest absolute Gasteiger partial charge is 0.336 e. The van der Waals surface area contributed by atoms with Gasteiger partial charge in [0.05, 0.1) is 12.8 Å². The van der Waals surface area contributed by atoms with Crippen LogP contribution >= 0.6 is 0 Å². The van der Waals surface area contributed by atoms with Gasteiger partial charge in [-0.15, -0.1) is 0 Å². The Kier molecular flexibility index (Phi) is 5.80. The third-order valence-electron chi connectivity index (χ3n) is 1.90. The molecule has 0 amide bonds. The lowest BCUT2D eigenvalue weighted by atomic mass is 9.96. The first-order valence-electron chi connectivity index (χ1n) is 4.97. The van der Waals surface area contributed by atoms with Crippen LogP contribution in [0.5, 0.6) is 0 Å². The van der Waals surface area contributed by atoms with Gasteiger partial charge < -0.3 is 20.1 Å². The van der Waals surface area contributed by atoms with Crippen LogP contribution in [0.25, 0.3) is 0 Å². The first-order chi connectivity index (χ1) is 8.56. The minimum Gasteiger partial charge on any atom is -0.481 e. The van der Waals surface area contributed by atoms with Crippen molar-refractivity contribution in [2.45, 2.75) is 31.8 Å². The molecule has 106 valence electrons. The molecule has 0 fully saturated rings. The van der Waals surface area contributed by atoms with E-state index in [9.17, 15) is 29.1 Å². The Morgan fingerprint density at radius 3 is 1.89 bits per heavy atom. The van der Waals surface area contributed by atoms with E-state index in [2.05, 4.69) is 4.74 Å². The van der Waals surface area contributed by atoms with Crippen LogP contribution in [0, 0.1) is 0 Å². The van der Waals surface area contributed by atoms with Gasteiger partial charge in [0.25, 0.3) is 0 Å². The highest BCUT2D eigenvalue weighted by Crippen LogP contribution is 2.17. The van der Waals surface area contributed by atoms with Crippen molar-refractivity contribution in [1.82, 2.24) is 0 Å². The summed E-state index contributed by atoms with van der Waals surface area (Å²) in [4.78, 5) is 53.7. The Morgan fingerprint density at radius 2 is 1.53 bits per heavy atom. The molecule has 0 aliphatic rings. The molecule has 3 N–H and O–H groups in total. The quantitative estimate of drug-likeness (QED) is 0.380. The van der Waals surface area contributed by atoms with Crippen molar-refractivity contribution in [3.8, 4) is 0 Å². The first kappa shape index (κ1) is 16.7. The number of aliphatic carboxylic acids is 2. The Hall–Kier alpha value is -2.29. The van der Waals surface area contributed by atoms with Gasteiger partial charge in [0, 0.05) is 0 Å². The van der Waals surface area contributed by atoms with Crippen molar-refractivity contribution in [2.75, 3.05) is 0 Å². The number of Topliss-reactive ketones (excluding diaryl/α,β-unsaturated/α-hetero) is 1. The standard InChI is InChI=1S/C10H12O9/c1-5(11)2-7(14)19-8(15)4-10(18,9(16)17)3-6(12)13/h18H,2-4H2,1H3,(H,12,13)(H,16,17). The van der Waals surface area contributed by atoms with Crippen LogP contribution in [0.15, 0.2) is 0 Å². The zero-order chi connectivity index (χ0) is 15.2. The summed E-state index contributed by atoms with van der Waals surface area (Å²) in [5, 5.41) is 26.5. The summed E-state index contributed by atoms with van der Waals surface area (Å²) in [5.41, 5.74) is -2.88. The van der Waals surface area contributed by atoms with Gasteiger partial charge >= 0.3 is 23.9 Å². The number of esters is 2. The monoisotopic (exact) mass is 276 g/mol. The van der Waals surface area contributed by atoms with E-state index in [-0.39, 0.29) is 0 Å². The van der Waals surface area contributed by atoms with E-state index in [1.54, 1.807) is 0 Å². The number of rotatable bonds is 7. The van der Waals surface area contributed by atoms with Gasteiger partial charge in [0.2, 0.25) is 0 Å². The van der Waals surface area contributed by atoms with Crippen molar-refractivity contribution in [2.24, 2.45) is 0 Å². The molecule has 1 atom stereocenters. The van der Waals surface area contributed by atoms with E-state index >= 15 is 0 Å². The predicted octanol–water partition coefficient (Wildman–Crippen LogP) is -1.28. The summed E-state index contributed by atoms with van der Waals surface area (Å²) in [5.74, 6) is -6.80. The molecule has 0 radical (unpaired) electrons. The second-order valence-electron chi connectivity index (χ2n) is 3.81. The number of carboxylic acid groups (broad SMARTS) is 2. The van der Waals surface area contributed by atoms with E-state index in [0.29, 0.717) is 0 Å². The number of ketones is 1. The van der Waals surface area contributed by atoms with E-state index < -0.39 is 54.5 Å². The highest BCUT2D eigenvalue weighted by molar-refractivity contribution is 5.99. The molecule has 0 rings (SSSR count). The molecule has 0 saturated heterocycles. The largest absolute Gasteiger partial charge is 0.481 e. The summed E-state index contributed by atoms with van der Waals surface area (Å²) in [6, 6.07) is 0. The molecule has 19 heavy (non-hydrogen) atoms. The number of ether oxygens (including phenoxy) is 1. The molecule has 0 bridgehead atoms. The summed E-state index contributed by atoms with van der Waals surface area (Å²) >= 11 is 0. The van der Waals surface area contributed by atoms with Gasteiger partial charge in [-0.3, -0.25) is 19.2 Å². The van der Waals surface area contributed by atoms with Crippen molar-refractivity contribution in [3.63, 3.8) is 0 Å². The lowest BCUT2D eigenvalue weighted by Gasteiger charge is -2.19. The van der Waals surface area contributed by atoms with Crippen molar-refractivity contribution in [1.29, 1.82) is 0 Å². The average molecular weight is 276 g/mol. The molecule has 0 saturated carbocycles. The third-order valence-corrected chi connectivity index (χ3v) is 1.90. The normalized spacial score (nSPS) is 13.2.